The second-order valence-corrected chi connectivity index (χ2v) is 7.58. The van der Waals surface area contributed by atoms with Crippen LogP contribution in [0.25, 0.3) is 0 Å². The summed E-state index contributed by atoms with van der Waals surface area (Å²) in [7, 11) is 1.13. The predicted octanol–water partition coefficient (Wildman–Crippen LogP) is 1.98. The summed E-state index contributed by atoms with van der Waals surface area (Å²) in [5, 5.41) is 3.22. The second kappa shape index (κ2) is 6.91. The fourth-order valence-corrected chi connectivity index (χ4v) is 2.98. The first kappa shape index (κ1) is 16.0. The minimum absolute atomic E-state index is 0.0790. The molecule has 5 heteroatoms. The molecule has 0 saturated heterocycles. The van der Waals surface area contributed by atoms with Crippen molar-refractivity contribution in [2.75, 3.05) is 30.9 Å². The van der Waals surface area contributed by atoms with Crippen LogP contribution in [0, 0.1) is 0 Å². The lowest BCUT2D eigenvalue weighted by Gasteiger charge is -2.16. The molecule has 0 spiro atoms. The van der Waals surface area contributed by atoms with E-state index >= 15 is 0 Å². The number of nitrogens with zero attached hydrogens (tertiary/aromatic N) is 1. The van der Waals surface area contributed by atoms with Crippen molar-refractivity contribution >= 4 is 15.5 Å². The van der Waals surface area contributed by atoms with E-state index in [9.17, 15) is 8.42 Å². The van der Waals surface area contributed by atoms with E-state index in [1.54, 1.807) is 6.92 Å². The molecule has 4 nitrogen and oxygen atoms in total. The van der Waals surface area contributed by atoms with Gasteiger partial charge in [-0.1, -0.05) is 19.1 Å². The zero-order valence-corrected chi connectivity index (χ0v) is 13.0. The van der Waals surface area contributed by atoms with Crippen molar-refractivity contribution in [2.24, 2.45) is 0 Å². The molecule has 0 aliphatic heterocycles. The number of rotatable bonds is 7. The Bertz CT molecular complexity index is 481. The van der Waals surface area contributed by atoms with Gasteiger partial charge in [-0.15, -0.1) is 0 Å². The van der Waals surface area contributed by atoms with Crippen LogP contribution in [0.3, 0.4) is 0 Å². The first-order valence-corrected chi connectivity index (χ1v) is 8.35. The third-order valence-corrected chi connectivity index (χ3v) is 4.70. The SMILES string of the molecule is CCS(=O)(=O)CC(C)Nc1ccc(CN(C)C)cc1. The zero-order chi connectivity index (χ0) is 14.5. The summed E-state index contributed by atoms with van der Waals surface area (Å²) < 4.78 is 23.1. The molecule has 0 aliphatic rings. The third-order valence-electron chi connectivity index (χ3n) is 2.81. The Morgan fingerprint density at radius 3 is 2.26 bits per heavy atom. The minimum Gasteiger partial charge on any atom is -0.382 e. The monoisotopic (exact) mass is 284 g/mol. The lowest BCUT2D eigenvalue weighted by molar-refractivity contribution is 0.402. The van der Waals surface area contributed by atoms with Crippen LogP contribution in [0.4, 0.5) is 5.69 Å². The minimum atomic E-state index is -2.93. The van der Waals surface area contributed by atoms with Crippen molar-refractivity contribution in [3.8, 4) is 0 Å². The fourth-order valence-electron chi connectivity index (χ4n) is 1.90. The smallest absolute Gasteiger partial charge is 0.152 e. The largest absolute Gasteiger partial charge is 0.382 e. The van der Waals surface area contributed by atoms with Crippen molar-refractivity contribution in [1.29, 1.82) is 0 Å². The van der Waals surface area contributed by atoms with Gasteiger partial charge in [0.1, 0.15) is 0 Å². The van der Waals surface area contributed by atoms with Gasteiger partial charge in [-0.05, 0) is 38.7 Å². The maximum absolute atomic E-state index is 11.5. The number of anilines is 1. The van der Waals surface area contributed by atoms with Crippen LogP contribution in [0.5, 0.6) is 0 Å². The molecular weight excluding hydrogens is 260 g/mol. The van der Waals surface area contributed by atoms with Crippen LogP contribution in [0.1, 0.15) is 19.4 Å². The Morgan fingerprint density at radius 2 is 1.79 bits per heavy atom. The van der Waals surface area contributed by atoms with Gasteiger partial charge in [-0.2, -0.15) is 0 Å². The summed E-state index contributed by atoms with van der Waals surface area (Å²) in [6.07, 6.45) is 0. The lowest BCUT2D eigenvalue weighted by atomic mass is 10.2. The predicted molar refractivity (Wildman–Crippen MR) is 81.2 cm³/mol. The summed E-state index contributed by atoms with van der Waals surface area (Å²) >= 11 is 0. The van der Waals surface area contributed by atoms with Crippen molar-refractivity contribution in [1.82, 2.24) is 4.90 Å². The third kappa shape index (κ3) is 6.07. The molecule has 1 N–H and O–H groups in total. The molecule has 0 saturated carbocycles. The molecule has 0 aliphatic carbocycles. The van der Waals surface area contributed by atoms with Gasteiger partial charge in [-0.25, -0.2) is 8.42 Å². The van der Waals surface area contributed by atoms with Gasteiger partial charge >= 0.3 is 0 Å². The summed E-state index contributed by atoms with van der Waals surface area (Å²) in [6.45, 7) is 4.47. The zero-order valence-electron chi connectivity index (χ0n) is 12.2. The molecule has 108 valence electrons. The first-order chi connectivity index (χ1) is 8.82. The Balaban J connectivity index is 2.58. The highest BCUT2D eigenvalue weighted by Gasteiger charge is 2.13. The summed E-state index contributed by atoms with van der Waals surface area (Å²) in [5.41, 5.74) is 2.20. The molecule has 0 bridgehead atoms. The van der Waals surface area contributed by atoms with E-state index in [0.717, 1.165) is 12.2 Å². The van der Waals surface area contributed by atoms with Crippen molar-refractivity contribution in [3.05, 3.63) is 29.8 Å². The Morgan fingerprint density at radius 1 is 1.21 bits per heavy atom. The average Bonchev–Trinajstić information content (AvgIpc) is 2.30. The number of nitrogens with one attached hydrogen (secondary N) is 1. The van der Waals surface area contributed by atoms with Crippen molar-refractivity contribution in [2.45, 2.75) is 26.4 Å². The van der Waals surface area contributed by atoms with Gasteiger partial charge in [0.15, 0.2) is 9.84 Å². The van der Waals surface area contributed by atoms with Crippen LogP contribution in [0.15, 0.2) is 24.3 Å². The van der Waals surface area contributed by atoms with Crippen LogP contribution in [0.2, 0.25) is 0 Å². The highest BCUT2D eigenvalue weighted by atomic mass is 32.2. The molecule has 1 aromatic carbocycles. The second-order valence-electron chi connectivity index (χ2n) is 5.18. The van der Waals surface area contributed by atoms with E-state index < -0.39 is 9.84 Å². The number of sulfone groups is 1. The highest BCUT2D eigenvalue weighted by Crippen LogP contribution is 2.12. The highest BCUT2D eigenvalue weighted by molar-refractivity contribution is 7.91. The Kier molecular flexibility index (Phi) is 5.82. The van der Waals surface area contributed by atoms with Crippen LogP contribution in [-0.4, -0.2) is 45.0 Å². The molecule has 1 unspecified atom stereocenters. The van der Waals surface area contributed by atoms with Gasteiger partial charge in [0.25, 0.3) is 0 Å². The standard InChI is InChI=1S/C14H24N2O2S/c1-5-19(17,18)11-12(2)15-14-8-6-13(7-9-14)10-16(3)4/h6-9,12,15H,5,10-11H2,1-4H3. The molecule has 0 amide bonds. The molecule has 1 atom stereocenters. The van der Waals surface area contributed by atoms with E-state index in [2.05, 4.69) is 22.3 Å². The van der Waals surface area contributed by atoms with Gasteiger partial charge in [0.2, 0.25) is 0 Å². The summed E-state index contributed by atoms with van der Waals surface area (Å²) in [4.78, 5) is 2.11. The molecule has 0 aromatic heterocycles. The van der Waals surface area contributed by atoms with Gasteiger partial charge in [0, 0.05) is 24.0 Å². The molecule has 1 rings (SSSR count). The maximum atomic E-state index is 11.5. The number of benzene rings is 1. The molecule has 0 heterocycles. The van der Waals surface area contributed by atoms with Crippen molar-refractivity contribution < 1.29 is 8.42 Å². The lowest BCUT2D eigenvalue weighted by Crippen LogP contribution is -2.26. The van der Waals surface area contributed by atoms with Crippen LogP contribution < -0.4 is 5.32 Å². The molecule has 0 radical (unpaired) electrons. The Labute approximate surface area is 116 Å². The normalized spacial score (nSPS) is 13.5. The first-order valence-electron chi connectivity index (χ1n) is 6.53. The van der Waals surface area contributed by atoms with E-state index in [-0.39, 0.29) is 17.5 Å². The van der Waals surface area contributed by atoms with Crippen LogP contribution >= 0.6 is 0 Å². The molecule has 1 aromatic rings. The Hall–Kier alpha value is -1.07. The topological polar surface area (TPSA) is 49.4 Å². The van der Waals surface area contributed by atoms with E-state index in [1.807, 2.05) is 33.2 Å². The van der Waals surface area contributed by atoms with Gasteiger partial charge in [0.05, 0.1) is 5.75 Å². The van der Waals surface area contributed by atoms with Crippen molar-refractivity contribution in [3.63, 3.8) is 0 Å². The molecular formula is C14H24N2O2S. The number of hydrogen-bond acceptors (Lipinski definition) is 4. The summed E-state index contributed by atoms with van der Waals surface area (Å²) in [5.74, 6) is 0.365. The van der Waals surface area contributed by atoms with E-state index in [4.69, 9.17) is 0 Å². The van der Waals surface area contributed by atoms with Gasteiger partial charge < -0.3 is 10.2 Å². The molecule has 19 heavy (non-hydrogen) atoms. The summed E-state index contributed by atoms with van der Waals surface area (Å²) in [6, 6.07) is 8.03. The quantitative estimate of drug-likeness (QED) is 0.832. The maximum Gasteiger partial charge on any atom is 0.152 e. The van der Waals surface area contributed by atoms with Gasteiger partial charge in [-0.3, -0.25) is 0 Å². The fraction of sp³-hybridized carbons (Fsp3) is 0.571. The number of hydrogen-bond donors (Lipinski definition) is 1. The van der Waals surface area contributed by atoms with E-state index in [1.165, 1.54) is 5.56 Å². The van der Waals surface area contributed by atoms with E-state index in [0.29, 0.717) is 0 Å². The molecule has 0 fully saturated rings. The van der Waals surface area contributed by atoms with Crippen LogP contribution in [-0.2, 0) is 16.4 Å². The average molecular weight is 284 g/mol.